The maximum Gasteiger partial charge on any atom is 0.441 e. The molecular formula is C33H38Cl3FN4O7S. The van der Waals surface area contributed by atoms with Crippen molar-refractivity contribution >= 4 is 76.1 Å². The van der Waals surface area contributed by atoms with E-state index in [1.165, 1.54) is 18.2 Å². The molecule has 0 radical (unpaired) electrons. The second-order valence-electron chi connectivity index (χ2n) is 10.7. The summed E-state index contributed by atoms with van der Waals surface area (Å²) in [5.41, 5.74) is 7.29. The summed E-state index contributed by atoms with van der Waals surface area (Å²) in [6, 6.07) is 16.3. The Balaban J connectivity index is 0.00000417. The summed E-state index contributed by atoms with van der Waals surface area (Å²) in [7, 11) is -2.14. The average molecular weight is 760 g/mol. The number of carbonyl (C=O) groups is 2. The number of amidine groups is 1. The number of hydrogen-bond acceptors (Lipinski definition) is 8. The number of likely N-dealkylation sites (tertiary alicyclic amines) is 1. The Morgan fingerprint density at radius 2 is 1.78 bits per heavy atom. The van der Waals surface area contributed by atoms with Crippen LogP contribution in [0.2, 0.25) is 5.02 Å². The van der Waals surface area contributed by atoms with Crippen molar-refractivity contribution in [3.05, 3.63) is 94.8 Å². The predicted octanol–water partition coefficient (Wildman–Crippen LogP) is 6.11. The highest BCUT2D eigenvalue weighted by Gasteiger charge is 2.27. The number of nitrogens with zero attached hydrogens (tertiary/aromatic N) is 3. The molecule has 266 valence electrons. The van der Waals surface area contributed by atoms with Crippen molar-refractivity contribution in [1.82, 2.24) is 4.90 Å². The number of hydrogen-bond donors (Lipinski definition) is 1. The molecule has 0 aliphatic carbocycles. The fraction of sp³-hybridized carbons (Fsp3) is 0.303. The van der Waals surface area contributed by atoms with E-state index >= 15 is 0 Å². The van der Waals surface area contributed by atoms with E-state index in [1.807, 2.05) is 0 Å². The van der Waals surface area contributed by atoms with Gasteiger partial charge in [0.15, 0.2) is 5.75 Å². The van der Waals surface area contributed by atoms with Gasteiger partial charge >= 0.3 is 12.1 Å². The molecule has 0 unspecified atom stereocenters. The number of carbonyl (C=O) groups excluding carboxylic acids is 2. The number of sulfonamides is 1. The van der Waals surface area contributed by atoms with E-state index in [4.69, 9.17) is 31.5 Å². The number of rotatable bonds is 12. The second-order valence-corrected chi connectivity index (χ2v) is 13.0. The molecule has 11 nitrogen and oxygen atoms in total. The number of ether oxygens (including phenoxy) is 3. The molecule has 1 saturated heterocycles. The zero-order chi connectivity index (χ0) is 34.0. The lowest BCUT2D eigenvalue weighted by molar-refractivity contribution is -0.139. The zero-order valence-corrected chi connectivity index (χ0v) is 30.0. The Hall–Kier alpha value is -3.88. The molecule has 2 N–H and O–H groups in total. The number of anilines is 1. The molecule has 0 aromatic heterocycles. The fourth-order valence-electron chi connectivity index (χ4n) is 4.71. The van der Waals surface area contributed by atoms with Crippen LogP contribution in [-0.2, 0) is 19.6 Å². The number of nitrogens with two attached hydrogens (primary N) is 1. The second kappa shape index (κ2) is 19.3. The van der Waals surface area contributed by atoms with E-state index in [-0.39, 0.29) is 66.4 Å². The third-order valence-electron chi connectivity index (χ3n) is 7.10. The highest BCUT2D eigenvalue weighted by Crippen LogP contribution is 2.32. The van der Waals surface area contributed by atoms with Gasteiger partial charge in [-0.05, 0) is 80.9 Å². The Kier molecular flexibility index (Phi) is 16.3. The Morgan fingerprint density at radius 3 is 2.43 bits per heavy atom. The summed E-state index contributed by atoms with van der Waals surface area (Å²) in [6.07, 6.45) is 3.94. The molecule has 1 aliphatic heterocycles. The summed E-state index contributed by atoms with van der Waals surface area (Å²) in [6.45, 7) is 3.28. The molecule has 0 bridgehead atoms. The molecule has 3 aromatic rings. The lowest BCUT2D eigenvalue weighted by atomic mass is 10.1. The topological polar surface area (TPSA) is 141 Å². The molecule has 1 amide bonds. The molecule has 1 fully saturated rings. The first-order valence-corrected chi connectivity index (χ1v) is 16.8. The van der Waals surface area contributed by atoms with Crippen molar-refractivity contribution < 1.29 is 36.6 Å². The summed E-state index contributed by atoms with van der Waals surface area (Å²) >= 11 is 6.55. The predicted molar refractivity (Wildman–Crippen MR) is 193 cm³/mol. The highest BCUT2D eigenvalue weighted by atomic mass is 35.5. The van der Waals surface area contributed by atoms with Gasteiger partial charge in [0.2, 0.25) is 10.0 Å². The SMILES string of the molecule is CCOC(=O)CS(=O)(=O)N(C/C=C/c1cccc(/C(N)=N/C(=O)Oc2ccc(F)cc2)c1)c1ccc(OC2CCN(C)CC2)c(Cl)c1.Cl.Cl. The lowest BCUT2D eigenvalue weighted by Crippen LogP contribution is -2.36. The zero-order valence-electron chi connectivity index (χ0n) is 26.8. The number of piperidine rings is 1. The monoisotopic (exact) mass is 758 g/mol. The summed E-state index contributed by atoms with van der Waals surface area (Å²) in [5.74, 6) is -1.80. The molecular weight excluding hydrogens is 722 g/mol. The normalized spacial score (nSPS) is 14.0. The lowest BCUT2D eigenvalue weighted by Gasteiger charge is -2.30. The quantitative estimate of drug-likeness (QED) is 0.132. The van der Waals surface area contributed by atoms with Crippen molar-refractivity contribution in [2.75, 3.05) is 43.3 Å². The van der Waals surface area contributed by atoms with Crippen molar-refractivity contribution in [2.24, 2.45) is 10.7 Å². The van der Waals surface area contributed by atoms with Gasteiger partial charge in [0.1, 0.15) is 29.3 Å². The minimum atomic E-state index is -4.19. The van der Waals surface area contributed by atoms with Gasteiger partial charge in [0.25, 0.3) is 0 Å². The van der Waals surface area contributed by atoms with Crippen LogP contribution in [0, 0.1) is 5.82 Å². The van der Waals surface area contributed by atoms with E-state index in [0.29, 0.717) is 16.9 Å². The summed E-state index contributed by atoms with van der Waals surface area (Å²) in [4.78, 5) is 30.3. The maximum atomic E-state index is 13.4. The molecule has 0 atom stereocenters. The highest BCUT2D eigenvalue weighted by molar-refractivity contribution is 7.93. The average Bonchev–Trinajstić information content (AvgIpc) is 3.02. The van der Waals surface area contributed by atoms with E-state index in [0.717, 1.165) is 42.4 Å². The van der Waals surface area contributed by atoms with Gasteiger partial charge in [-0.3, -0.25) is 9.10 Å². The molecule has 3 aromatic carbocycles. The maximum absolute atomic E-state index is 13.4. The van der Waals surface area contributed by atoms with Crippen molar-refractivity contribution in [1.29, 1.82) is 0 Å². The molecule has 0 saturated carbocycles. The van der Waals surface area contributed by atoms with Gasteiger partial charge in [-0.1, -0.05) is 42.0 Å². The van der Waals surface area contributed by atoms with Crippen LogP contribution < -0.4 is 19.5 Å². The van der Waals surface area contributed by atoms with Gasteiger partial charge < -0.3 is 24.8 Å². The van der Waals surface area contributed by atoms with Gasteiger partial charge in [0.05, 0.1) is 23.9 Å². The minimum absolute atomic E-state index is 0. The third-order valence-corrected chi connectivity index (χ3v) is 9.03. The van der Waals surface area contributed by atoms with Crippen LogP contribution in [-0.4, -0.2) is 76.4 Å². The largest absolute Gasteiger partial charge is 0.489 e. The molecule has 49 heavy (non-hydrogen) atoms. The number of halogens is 4. The summed E-state index contributed by atoms with van der Waals surface area (Å²) in [5, 5.41) is 0.238. The van der Waals surface area contributed by atoms with Gasteiger partial charge in [-0.2, -0.15) is 4.99 Å². The number of aliphatic imine (C=N–C) groups is 1. The van der Waals surface area contributed by atoms with Crippen LogP contribution in [0.3, 0.4) is 0 Å². The van der Waals surface area contributed by atoms with Crippen molar-refractivity contribution in [3.63, 3.8) is 0 Å². The van der Waals surface area contributed by atoms with Gasteiger partial charge in [-0.15, -0.1) is 24.8 Å². The number of benzene rings is 3. The van der Waals surface area contributed by atoms with E-state index in [2.05, 4.69) is 16.9 Å². The first kappa shape index (κ1) is 41.3. The Labute approximate surface area is 302 Å². The Morgan fingerprint density at radius 1 is 1.08 bits per heavy atom. The fourth-order valence-corrected chi connectivity index (χ4v) is 6.21. The van der Waals surface area contributed by atoms with E-state index in [1.54, 1.807) is 55.5 Å². The first-order chi connectivity index (χ1) is 22.4. The number of esters is 1. The van der Waals surface area contributed by atoms with E-state index in [9.17, 15) is 22.4 Å². The summed E-state index contributed by atoms with van der Waals surface area (Å²) < 4.78 is 57.0. The van der Waals surface area contributed by atoms with Crippen LogP contribution in [0.1, 0.15) is 30.9 Å². The molecule has 0 spiro atoms. The van der Waals surface area contributed by atoms with Crippen LogP contribution in [0.15, 0.2) is 77.8 Å². The van der Waals surface area contributed by atoms with Crippen LogP contribution in [0.4, 0.5) is 14.9 Å². The van der Waals surface area contributed by atoms with Crippen LogP contribution >= 0.6 is 36.4 Å². The van der Waals surface area contributed by atoms with Crippen molar-refractivity contribution in [2.45, 2.75) is 25.9 Å². The van der Waals surface area contributed by atoms with Crippen LogP contribution in [0.25, 0.3) is 6.08 Å². The Bertz CT molecular complexity index is 1740. The minimum Gasteiger partial charge on any atom is -0.489 e. The van der Waals surface area contributed by atoms with E-state index < -0.39 is 33.7 Å². The van der Waals surface area contributed by atoms with Crippen molar-refractivity contribution in [3.8, 4) is 11.5 Å². The molecule has 1 aliphatic rings. The van der Waals surface area contributed by atoms with Gasteiger partial charge in [-0.25, -0.2) is 17.6 Å². The molecule has 16 heteroatoms. The molecule has 1 heterocycles. The number of amides is 1. The van der Waals surface area contributed by atoms with Gasteiger partial charge in [0, 0.05) is 18.7 Å². The third kappa shape index (κ3) is 12.5. The smallest absolute Gasteiger partial charge is 0.441 e. The first-order valence-electron chi connectivity index (χ1n) is 14.8. The standard InChI is InChI=1S/C33H36ClFN4O7S.2ClH/c1-3-44-31(40)22-47(42,43)39(26-11-14-30(29(34)21-26)45-28-15-18-38(2)19-16-28)17-5-7-23-6-4-8-24(20-23)32(36)37-33(41)46-27-12-9-25(35)10-13-27;;/h4-14,20-21,28H,3,15-19,22H2,1-2H3,(H2,36,37,41);2*1H/b7-5+;;. The molecule has 4 rings (SSSR count). The van der Waals surface area contributed by atoms with Crippen LogP contribution in [0.5, 0.6) is 11.5 Å².